The zero-order valence-corrected chi connectivity index (χ0v) is 24.1. The molecular formula is C30H42N4O6. The summed E-state index contributed by atoms with van der Waals surface area (Å²) in [5.74, 6) is -1.21. The van der Waals surface area contributed by atoms with E-state index in [1.54, 1.807) is 76.4 Å². The fourth-order valence-electron chi connectivity index (χ4n) is 4.12. The van der Waals surface area contributed by atoms with Crippen LogP contribution in [0.15, 0.2) is 54.6 Å². The second kappa shape index (κ2) is 15.5. The number of unbranched alkanes of at least 4 members (excludes halogenated alkanes) is 3. The Kier molecular flexibility index (Phi) is 12.4. The van der Waals surface area contributed by atoms with E-state index in [1.165, 1.54) is 4.90 Å². The fourth-order valence-corrected chi connectivity index (χ4v) is 4.12. The maximum atomic E-state index is 14.1. The van der Waals surface area contributed by atoms with Crippen LogP contribution in [0.2, 0.25) is 0 Å². The number of hydrogen-bond donors (Lipinski definition) is 3. The van der Waals surface area contributed by atoms with Gasteiger partial charge in [0.05, 0.1) is 13.5 Å². The van der Waals surface area contributed by atoms with Crippen LogP contribution in [-0.2, 0) is 19.1 Å². The van der Waals surface area contributed by atoms with Gasteiger partial charge in [0, 0.05) is 12.2 Å². The molecule has 2 aromatic rings. The zero-order chi connectivity index (χ0) is 29.7. The van der Waals surface area contributed by atoms with Gasteiger partial charge in [-0.1, -0.05) is 56.5 Å². The minimum atomic E-state index is -1.32. The third kappa shape index (κ3) is 10.6. The highest BCUT2D eigenvalue weighted by Gasteiger charge is 2.36. The number of hydrogen-bond acceptors (Lipinski definition) is 6. The number of alkyl carbamates (subject to hydrolysis) is 1. The Morgan fingerprint density at radius 1 is 0.950 bits per heavy atom. The van der Waals surface area contributed by atoms with Gasteiger partial charge in [-0.3, -0.25) is 14.4 Å². The van der Waals surface area contributed by atoms with Crippen molar-refractivity contribution in [3.63, 3.8) is 0 Å². The van der Waals surface area contributed by atoms with E-state index < -0.39 is 47.9 Å². The van der Waals surface area contributed by atoms with E-state index in [2.05, 4.69) is 17.6 Å². The lowest BCUT2D eigenvalue weighted by Crippen LogP contribution is -2.53. The molecule has 10 nitrogen and oxygen atoms in total. The number of amides is 4. The Bertz CT molecular complexity index is 1120. The van der Waals surface area contributed by atoms with Crippen molar-refractivity contribution in [2.45, 2.75) is 77.5 Å². The molecule has 0 fully saturated rings. The van der Waals surface area contributed by atoms with Gasteiger partial charge in [0.2, 0.25) is 11.8 Å². The molecule has 218 valence electrons. The van der Waals surface area contributed by atoms with Gasteiger partial charge in [-0.15, -0.1) is 0 Å². The second-order valence-electron chi connectivity index (χ2n) is 10.5. The van der Waals surface area contributed by atoms with Gasteiger partial charge in [0.1, 0.15) is 23.4 Å². The molecule has 0 heterocycles. The van der Waals surface area contributed by atoms with E-state index in [0.717, 1.165) is 19.3 Å². The van der Waals surface area contributed by atoms with E-state index in [0.29, 0.717) is 23.4 Å². The van der Waals surface area contributed by atoms with Gasteiger partial charge < -0.3 is 30.7 Å². The highest BCUT2D eigenvalue weighted by Crippen LogP contribution is 2.26. The molecule has 0 aliphatic heterocycles. The van der Waals surface area contributed by atoms with Gasteiger partial charge in [0.15, 0.2) is 0 Å². The molecule has 0 aliphatic rings. The van der Waals surface area contributed by atoms with Crippen LogP contribution in [0.4, 0.5) is 10.5 Å². The van der Waals surface area contributed by atoms with Gasteiger partial charge in [0.25, 0.3) is 5.91 Å². The van der Waals surface area contributed by atoms with Crippen LogP contribution in [0.1, 0.15) is 71.4 Å². The number of carbonyl (C=O) groups is 4. The summed E-state index contributed by atoms with van der Waals surface area (Å²) in [6.07, 6.45) is 2.08. The fraction of sp³-hybridized carbons (Fsp3) is 0.467. The van der Waals surface area contributed by atoms with Crippen LogP contribution in [0.25, 0.3) is 0 Å². The first-order valence-electron chi connectivity index (χ1n) is 13.5. The molecule has 0 aliphatic carbocycles. The monoisotopic (exact) mass is 554 g/mol. The molecule has 0 saturated carbocycles. The lowest BCUT2D eigenvalue weighted by atomic mass is 10.0. The summed E-state index contributed by atoms with van der Waals surface area (Å²) in [5.41, 5.74) is 5.73. The van der Waals surface area contributed by atoms with Crippen molar-refractivity contribution in [2.24, 2.45) is 5.73 Å². The molecule has 2 unspecified atom stereocenters. The number of anilines is 1. The summed E-state index contributed by atoms with van der Waals surface area (Å²) < 4.78 is 10.5. The quantitative estimate of drug-likeness (QED) is 0.293. The number of ether oxygens (including phenoxy) is 2. The summed E-state index contributed by atoms with van der Waals surface area (Å²) in [4.78, 5) is 53.8. The van der Waals surface area contributed by atoms with E-state index in [1.807, 2.05) is 6.07 Å². The highest BCUT2D eigenvalue weighted by atomic mass is 16.6. The highest BCUT2D eigenvalue weighted by molar-refractivity contribution is 5.99. The number of nitrogens with two attached hydrogens (primary N) is 1. The molecule has 2 rings (SSSR count). The van der Waals surface area contributed by atoms with Crippen LogP contribution in [-0.4, -0.2) is 54.0 Å². The lowest BCUT2D eigenvalue weighted by Gasteiger charge is -2.34. The van der Waals surface area contributed by atoms with Crippen LogP contribution in [0, 0.1) is 0 Å². The number of rotatable bonds is 14. The molecular weight excluding hydrogens is 512 g/mol. The average molecular weight is 555 g/mol. The van der Waals surface area contributed by atoms with Crippen molar-refractivity contribution < 1.29 is 28.7 Å². The van der Waals surface area contributed by atoms with E-state index in [4.69, 9.17) is 15.2 Å². The minimum Gasteiger partial charge on any atom is -0.497 e. The topological polar surface area (TPSA) is 140 Å². The molecule has 4 N–H and O–H groups in total. The maximum Gasteiger partial charge on any atom is 0.408 e. The second-order valence-corrected chi connectivity index (χ2v) is 10.5. The van der Waals surface area contributed by atoms with E-state index >= 15 is 0 Å². The van der Waals surface area contributed by atoms with E-state index in [-0.39, 0.29) is 6.54 Å². The molecule has 10 heteroatoms. The Labute approximate surface area is 236 Å². The minimum absolute atomic E-state index is 0.222. The van der Waals surface area contributed by atoms with Gasteiger partial charge in [-0.05, 0) is 57.0 Å². The number of methoxy groups -OCH3 is 1. The third-order valence-corrected chi connectivity index (χ3v) is 5.96. The largest absolute Gasteiger partial charge is 0.497 e. The summed E-state index contributed by atoms with van der Waals surface area (Å²) >= 11 is 0. The predicted octanol–water partition coefficient (Wildman–Crippen LogP) is 4.55. The summed E-state index contributed by atoms with van der Waals surface area (Å²) in [6.45, 7) is 7.36. The number of nitrogens with zero attached hydrogens (tertiary/aromatic N) is 1. The maximum absolute atomic E-state index is 14.1. The van der Waals surface area contributed by atoms with Crippen molar-refractivity contribution in [2.75, 3.05) is 19.0 Å². The lowest BCUT2D eigenvalue weighted by molar-refractivity contribution is -0.142. The van der Waals surface area contributed by atoms with Crippen molar-refractivity contribution in [1.29, 1.82) is 0 Å². The number of nitrogens with one attached hydrogen (secondary N) is 2. The van der Waals surface area contributed by atoms with Crippen LogP contribution < -0.4 is 21.1 Å². The van der Waals surface area contributed by atoms with Crippen LogP contribution in [0.3, 0.4) is 0 Å². The van der Waals surface area contributed by atoms with Crippen LogP contribution in [0.5, 0.6) is 5.75 Å². The Hall–Kier alpha value is -4.08. The van der Waals surface area contributed by atoms with Crippen molar-refractivity contribution >= 4 is 29.5 Å². The molecule has 2 atom stereocenters. The normalized spacial score (nSPS) is 12.5. The third-order valence-electron chi connectivity index (χ3n) is 5.96. The van der Waals surface area contributed by atoms with E-state index in [9.17, 15) is 19.2 Å². The Morgan fingerprint density at radius 3 is 2.15 bits per heavy atom. The average Bonchev–Trinajstić information content (AvgIpc) is 2.89. The molecule has 4 amide bonds. The number of benzene rings is 2. The Morgan fingerprint density at radius 2 is 1.60 bits per heavy atom. The van der Waals surface area contributed by atoms with Crippen LogP contribution >= 0.6 is 0 Å². The standard InChI is InChI=1S/C30H42N4O6/c1-6-7-8-12-19-34(28(37)24(20-25(31)35)33-29(38)40-30(2,3)4)26(21-13-10-9-11-14-21)27(36)32-22-15-17-23(39-5)18-16-22/h9-11,13-18,24,26H,6-8,12,19-20H2,1-5H3,(H2,31,35)(H,32,36)(H,33,38). The first-order valence-corrected chi connectivity index (χ1v) is 13.5. The summed E-state index contributed by atoms with van der Waals surface area (Å²) in [5, 5.41) is 5.38. The van der Waals surface area contributed by atoms with Gasteiger partial charge >= 0.3 is 6.09 Å². The first-order chi connectivity index (χ1) is 18.9. The summed E-state index contributed by atoms with van der Waals surface area (Å²) in [7, 11) is 1.55. The smallest absolute Gasteiger partial charge is 0.408 e. The van der Waals surface area contributed by atoms with Gasteiger partial charge in [-0.2, -0.15) is 0 Å². The van der Waals surface area contributed by atoms with Crippen molar-refractivity contribution in [3.05, 3.63) is 60.2 Å². The zero-order valence-electron chi connectivity index (χ0n) is 24.1. The SMILES string of the molecule is CCCCCCN(C(=O)C(CC(N)=O)NC(=O)OC(C)(C)C)C(C(=O)Nc1ccc(OC)cc1)c1ccccc1. The molecule has 0 bridgehead atoms. The number of carbonyl (C=O) groups excluding carboxylic acids is 4. The van der Waals surface area contributed by atoms with Gasteiger partial charge in [-0.25, -0.2) is 4.79 Å². The van der Waals surface area contributed by atoms with Crippen molar-refractivity contribution in [3.8, 4) is 5.75 Å². The summed E-state index contributed by atoms with van der Waals surface area (Å²) in [6, 6.07) is 13.4. The molecule has 0 aromatic heterocycles. The number of primary amides is 1. The molecule has 0 spiro atoms. The molecule has 0 radical (unpaired) electrons. The Balaban J connectivity index is 2.48. The van der Waals surface area contributed by atoms with Crippen molar-refractivity contribution in [1.82, 2.24) is 10.2 Å². The molecule has 40 heavy (non-hydrogen) atoms. The predicted molar refractivity (Wildman–Crippen MR) is 154 cm³/mol. The first kappa shape index (κ1) is 32.1. The molecule has 0 saturated heterocycles. The molecule has 2 aromatic carbocycles.